The molecule has 3 aliphatic rings. The summed E-state index contributed by atoms with van der Waals surface area (Å²) in [4.78, 5) is 29.6. The number of ether oxygens (including phenoxy) is 1. The standard InChI is InChI=1S/C36H45NO4/c1-4-41-32-20-30-23(18-31(32)39)14-15-29-28(30)16-17-36(3)33(40)19-24(34(29)36)9-6-11-26(38)12-7-10-25-21-37-35-22(2)8-5-13-27(25)35/h5,8,13,18,20-21,24,28-29,34,37,39H,4,6-7,9-12,14-17,19H2,1-3H3/t24-,28-,29+,34-,36+/m0/s1. The zero-order valence-corrected chi connectivity index (χ0v) is 24.9. The van der Waals surface area contributed by atoms with Gasteiger partial charge in [-0.2, -0.15) is 0 Å². The molecule has 0 saturated heterocycles. The van der Waals surface area contributed by atoms with Gasteiger partial charge in [-0.15, -0.1) is 0 Å². The number of Topliss-reactive ketones (excluding diaryl/α,β-unsaturated/α-hetero) is 2. The van der Waals surface area contributed by atoms with Gasteiger partial charge < -0.3 is 14.8 Å². The Kier molecular flexibility index (Phi) is 7.74. The van der Waals surface area contributed by atoms with Crippen LogP contribution in [-0.4, -0.2) is 28.3 Å². The number of fused-ring (bicyclic) bond motifs is 6. The molecule has 0 bridgehead atoms. The van der Waals surface area contributed by atoms with Gasteiger partial charge in [-0.05, 0) is 123 Å². The summed E-state index contributed by atoms with van der Waals surface area (Å²) in [6.07, 6.45) is 11.6. The fraction of sp³-hybridized carbons (Fsp3) is 0.556. The van der Waals surface area contributed by atoms with Gasteiger partial charge in [-0.25, -0.2) is 0 Å². The molecule has 5 nitrogen and oxygen atoms in total. The van der Waals surface area contributed by atoms with Crippen molar-refractivity contribution in [3.63, 3.8) is 0 Å². The van der Waals surface area contributed by atoms with E-state index in [-0.39, 0.29) is 11.2 Å². The Labute approximate surface area is 244 Å². The van der Waals surface area contributed by atoms with Crippen LogP contribution >= 0.6 is 0 Å². The molecule has 0 spiro atoms. The maximum absolute atomic E-state index is 13.4. The topological polar surface area (TPSA) is 79.4 Å². The number of phenolic OH excluding ortho intramolecular Hbond substituents is 1. The lowest BCUT2D eigenvalue weighted by molar-refractivity contribution is -0.129. The molecule has 2 aromatic carbocycles. The lowest BCUT2D eigenvalue weighted by Gasteiger charge is -2.50. The third kappa shape index (κ3) is 5.10. The van der Waals surface area contributed by atoms with Gasteiger partial charge in [0.15, 0.2) is 11.5 Å². The fourth-order valence-electron chi connectivity index (χ4n) is 8.92. The zero-order valence-electron chi connectivity index (χ0n) is 24.9. The number of benzene rings is 2. The summed E-state index contributed by atoms with van der Waals surface area (Å²) in [6, 6.07) is 10.4. The Hall–Kier alpha value is -3.08. The van der Waals surface area contributed by atoms with Crippen LogP contribution in [0, 0.1) is 30.1 Å². The number of ketones is 2. The quantitative estimate of drug-likeness (QED) is 0.266. The molecular weight excluding hydrogens is 510 g/mol. The van der Waals surface area contributed by atoms with Crippen LogP contribution in [0.25, 0.3) is 10.9 Å². The number of para-hydroxylation sites is 1. The summed E-state index contributed by atoms with van der Waals surface area (Å²) in [5, 5.41) is 11.7. The molecular formula is C36H45NO4. The maximum Gasteiger partial charge on any atom is 0.161 e. The van der Waals surface area contributed by atoms with Gasteiger partial charge in [0.05, 0.1) is 6.61 Å². The van der Waals surface area contributed by atoms with Crippen molar-refractivity contribution in [1.82, 2.24) is 4.98 Å². The molecule has 0 radical (unpaired) electrons. The average Bonchev–Trinajstić information content (AvgIpc) is 3.48. The number of H-pyrrole nitrogens is 1. The van der Waals surface area contributed by atoms with Crippen molar-refractivity contribution in [2.45, 2.75) is 97.3 Å². The van der Waals surface area contributed by atoms with Gasteiger partial charge in [-0.3, -0.25) is 9.59 Å². The van der Waals surface area contributed by atoms with Crippen LogP contribution in [0.3, 0.4) is 0 Å². The van der Waals surface area contributed by atoms with Crippen LogP contribution in [0.2, 0.25) is 0 Å². The summed E-state index contributed by atoms with van der Waals surface area (Å²) in [5.41, 5.74) is 6.08. The zero-order chi connectivity index (χ0) is 28.7. The SMILES string of the molecule is CCOc1cc2c(cc1O)CC[C@H]1[C@@H]3[C@@H](CCCC(=O)CCCc4c[nH]c5c(C)cccc45)CC(=O)[C@@]3(C)CC[C@H]21. The molecule has 2 N–H and O–H groups in total. The monoisotopic (exact) mass is 555 g/mol. The van der Waals surface area contributed by atoms with Crippen LogP contribution in [0.15, 0.2) is 36.5 Å². The molecule has 1 aromatic heterocycles. The summed E-state index contributed by atoms with van der Waals surface area (Å²) in [7, 11) is 0. The number of rotatable bonds is 10. The van der Waals surface area contributed by atoms with Crippen molar-refractivity contribution in [3.05, 3.63) is 58.8 Å². The van der Waals surface area contributed by atoms with Crippen molar-refractivity contribution in [1.29, 1.82) is 0 Å². The van der Waals surface area contributed by atoms with E-state index in [2.05, 4.69) is 49.3 Å². The minimum Gasteiger partial charge on any atom is -0.504 e. The molecule has 6 rings (SSSR count). The van der Waals surface area contributed by atoms with Crippen molar-refractivity contribution >= 4 is 22.5 Å². The smallest absolute Gasteiger partial charge is 0.161 e. The van der Waals surface area contributed by atoms with Crippen molar-refractivity contribution < 1.29 is 19.4 Å². The predicted molar refractivity (Wildman–Crippen MR) is 163 cm³/mol. The Morgan fingerprint density at radius 3 is 2.83 bits per heavy atom. The summed E-state index contributed by atoms with van der Waals surface area (Å²) in [5.74, 6) is 3.26. The first-order chi connectivity index (χ1) is 19.8. The minimum atomic E-state index is -0.231. The highest BCUT2D eigenvalue weighted by atomic mass is 16.5. The molecule has 2 fully saturated rings. The predicted octanol–water partition coefficient (Wildman–Crippen LogP) is 7.99. The van der Waals surface area contributed by atoms with E-state index in [1.165, 1.54) is 33.2 Å². The normalized spacial score (nSPS) is 27.0. The van der Waals surface area contributed by atoms with Gasteiger partial charge >= 0.3 is 0 Å². The number of nitrogens with one attached hydrogen (secondary N) is 1. The number of aryl methyl sites for hydroxylation is 3. The third-order valence-electron chi connectivity index (χ3n) is 10.9. The number of hydrogen-bond acceptors (Lipinski definition) is 4. The fourth-order valence-corrected chi connectivity index (χ4v) is 8.92. The number of carbonyl (C=O) groups is 2. The number of carbonyl (C=O) groups excluding carboxylic acids is 2. The van der Waals surface area contributed by atoms with E-state index in [9.17, 15) is 14.7 Å². The molecule has 0 aliphatic heterocycles. The second-order valence-electron chi connectivity index (χ2n) is 13.2. The number of phenols is 1. The second-order valence-corrected chi connectivity index (χ2v) is 13.2. The van der Waals surface area contributed by atoms with E-state index in [0.29, 0.717) is 66.9 Å². The van der Waals surface area contributed by atoms with E-state index in [4.69, 9.17) is 4.74 Å². The third-order valence-corrected chi connectivity index (χ3v) is 10.9. The number of aromatic hydroxyl groups is 1. The molecule has 0 unspecified atom stereocenters. The van der Waals surface area contributed by atoms with E-state index < -0.39 is 0 Å². The Morgan fingerprint density at radius 2 is 2.00 bits per heavy atom. The van der Waals surface area contributed by atoms with Crippen LogP contribution in [0.5, 0.6) is 11.5 Å². The second kappa shape index (κ2) is 11.3. The van der Waals surface area contributed by atoms with Crippen LogP contribution < -0.4 is 4.74 Å². The first-order valence-corrected chi connectivity index (χ1v) is 15.9. The van der Waals surface area contributed by atoms with Crippen LogP contribution in [-0.2, 0) is 22.4 Å². The van der Waals surface area contributed by atoms with Crippen molar-refractivity contribution in [2.75, 3.05) is 6.61 Å². The average molecular weight is 556 g/mol. The first-order valence-electron chi connectivity index (χ1n) is 15.9. The lowest BCUT2D eigenvalue weighted by Crippen LogP contribution is -2.44. The highest BCUT2D eigenvalue weighted by Crippen LogP contribution is 2.62. The summed E-state index contributed by atoms with van der Waals surface area (Å²) in [6.45, 7) is 6.82. The lowest BCUT2D eigenvalue weighted by atomic mass is 9.54. The molecule has 0 amide bonds. The Morgan fingerprint density at radius 1 is 1.17 bits per heavy atom. The van der Waals surface area contributed by atoms with E-state index in [1.54, 1.807) is 0 Å². The number of aromatic nitrogens is 1. The number of aromatic amines is 1. The van der Waals surface area contributed by atoms with Crippen LogP contribution in [0.1, 0.15) is 99.8 Å². The van der Waals surface area contributed by atoms with Crippen LogP contribution in [0.4, 0.5) is 0 Å². The molecule has 2 saturated carbocycles. The molecule has 1 heterocycles. The molecule has 5 heteroatoms. The number of hydrogen-bond donors (Lipinski definition) is 2. The highest BCUT2D eigenvalue weighted by Gasteiger charge is 2.58. The van der Waals surface area contributed by atoms with Gasteiger partial charge in [0.2, 0.25) is 0 Å². The van der Waals surface area contributed by atoms with Crippen molar-refractivity contribution in [3.8, 4) is 11.5 Å². The van der Waals surface area contributed by atoms with Gasteiger partial charge in [0.1, 0.15) is 11.6 Å². The molecule has 3 aliphatic carbocycles. The van der Waals surface area contributed by atoms with Gasteiger partial charge in [0.25, 0.3) is 0 Å². The molecule has 41 heavy (non-hydrogen) atoms. The van der Waals surface area contributed by atoms with Gasteiger partial charge in [-0.1, -0.05) is 25.1 Å². The minimum absolute atomic E-state index is 0.231. The van der Waals surface area contributed by atoms with Gasteiger partial charge in [0, 0.05) is 41.8 Å². The van der Waals surface area contributed by atoms with Crippen molar-refractivity contribution in [2.24, 2.45) is 23.2 Å². The molecule has 218 valence electrons. The summed E-state index contributed by atoms with van der Waals surface area (Å²) < 4.78 is 5.74. The largest absolute Gasteiger partial charge is 0.504 e. The first kappa shape index (κ1) is 28.1. The Bertz CT molecular complexity index is 1450. The summed E-state index contributed by atoms with van der Waals surface area (Å²) >= 11 is 0. The van der Waals surface area contributed by atoms with E-state index >= 15 is 0 Å². The molecule has 3 aromatic rings. The maximum atomic E-state index is 13.4. The van der Waals surface area contributed by atoms with E-state index in [0.717, 1.165) is 51.4 Å². The Balaban J connectivity index is 1.07. The highest BCUT2D eigenvalue weighted by molar-refractivity contribution is 5.88. The van der Waals surface area contributed by atoms with E-state index in [1.807, 2.05) is 13.0 Å². The molecule has 5 atom stereocenters.